The van der Waals surface area contributed by atoms with Crippen LogP contribution in [0.15, 0.2) is 12.3 Å². The van der Waals surface area contributed by atoms with Crippen molar-refractivity contribution in [3.63, 3.8) is 0 Å². The molecular formula is C7H10N2O2. The van der Waals surface area contributed by atoms with Crippen LogP contribution in [0, 0.1) is 0 Å². The summed E-state index contributed by atoms with van der Waals surface area (Å²) in [5.41, 5.74) is 0.401. The highest BCUT2D eigenvalue weighted by Gasteiger charge is 2.05. The van der Waals surface area contributed by atoms with Crippen molar-refractivity contribution in [1.82, 2.24) is 10.2 Å². The van der Waals surface area contributed by atoms with Crippen molar-refractivity contribution >= 4 is 5.97 Å². The zero-order chi connectivity index (χ0) is 8.10. The van der Waals surface area contributed by atoms with Gasteiger partial charge in [-0.2, -0.15) is 5.10 Å². The second-order valence-corrected chi connectivity index (χ2v) is 2.11. The highest BCUT2D eigenvalue weighted by atomic mass is 16.5. The molecule has 0 aliphatic heterocycles. The summed E-state index contributed by atoms with van der Waals surface area (Å²) in [6, 6.07) is 1.58. The maximum absolute atomic E-state index is 11.0. The number of carbonyl (C=O) groups is 1. The Labute approximate surface area is 64.6 Å². The van der Waals surface area contributed by atoms with Gasteiger partial charge in [-0.3, -0.25) is 5.10 Å². The van der Waals surface area contributed by atoms with E-state index >= 15 is 0 Å². The summed E-state index contributed by atoms with van der Waals surface area (Å²) < 4.78 is 4.83. The Kier molecular flexibility index (Phi) is 2.66. The Hall–Kier alpha value is -1.32. The third kappa shape index (κ3) is 2.07. The van der Waals surface area contributed by atoms with Crippen LogP contribution in [0.3, 0.4) is 0 Å². The van der Waals surface area contributed by atoms with E-state index in [1.807, 2.05) is 6.92 Å². The van der Waals surface area contributed by atoms with Crippen LogP contribution < -0.4 is 0 Å². The molecule has 0 aromatic carbocycles. The molecule has 0 unspecified atom stereocenters. The van der Waals surface area contributed by atoms with E-state index in [9.17, 15) is 4.79 Å². The van der Waals surface area contributed by atoms with Crippen LogP contribution in [-0.2, 0) is 4.74 Å². The van der Waals surface area contributed by atoms with Crippen molar-refractivity contribution in [3.8, 4) is 0 Å². The summed E-state index contributed by atoms with van der Waals surface area (Å²) in [5.74, 6) is -0.343. The van der Waals surface area contributed by atoms with Gasteiger partial charge < -0.3 is 4.74 Å². The van der Waals surface area contributed by atoms with Crippen molar-refractivity contribution in [2.75, 3.05) is 6.61 Å². The average molecular weight is 154 g/mol. The first-order valence-corrected chi connectivity index (χ1v) is 3.51. The van der Waals surface area contributed by atoms with E-state index in [1.165, 1.54) is 6.20 Å². The van der Waals surface area contributed by atoms with Gasteiger partial charge in [0.2, 0.25) is 0 Å². The predicted octanol–water partition coefficient (Wildman–Crippen LogP) is 0.976. The monoisotopic (exact) mass is 154 g/mol. The zero-order valence-corrected chi connectivity index (χ0v) is 6.33. The lowest BCUT2D eigenvalue weighted by Crippen LogP contribution is -2.05. The minimum atomic E-state index is -0.343. The molecule has 60 valence electrons. The van der Waals surface area contributed by atoms with Crippen molar-refractivity contribution in [3.05, 3.63) is 18.0 Å². The maximum atomic E-state index is 11.0. The van der Waals surface area contributed by atoms with Gasteiger partial charge in [-0.1, -0.05) is 6.92 Å². The fraction of sp³-hybridized carbons (Fsp3) is 0.429. The van der Waals surface area contributed by atoms with E-state index in [4.69, 9.17) is 4.74 Å². The molecule has 0 saturated heterocycles. The molecule has 0 fully saturated rings. The van der Waals surface area contributed by atoms with E-state index in [1.54, 1.807) is 6.07 Å². The first kappa shape index (κ1) is 7.78. The summed E-state index contributed by atoms with van der Waals surface area (Å²) in [6.07, 6.45) is 2.35. The normalized spacial score (nSPS) is 9.55. The largest absolute Gasteiger partial charge is 0.461 e. The van der Waals surface area contributed by atoms with Gasteiger partial charge >= 0.3 is 5.97 Å². The zero-order valence-electron chi connectivity index (χ0n) is 6.33. The quantitative estimate of drug-likeness (QED) is 0.660. The fourth-order valence-electron chi connectivity index (χ4n) is 0.642. The number of nitrogens with one attached hydrogen (secondary N) is 1. The number of ether oxygens (including phenoxy) is 1. The number of esters is 1. The molecule has 1 N–H and O–H groups in total. The molecule has 0 radical (unpaired) electrons. The molecule has 0 atom stereocenters. The molecule has 11 heavy (non-hydrogen) atoms. The van der Waals surface area contributed by atoms with Crippen LogP contribution in [0.5, 0.6) is 0 Å². The molecule has 1 rings (SSSR count). The van der Waals surface area contributed by atoms with Crippen molar-refractivity contribution in [2.24, 2.45) is 0 Å². The number of carbonyl (C=O) groups excluding carboxylic acids is 1. The Morgan fingerprint density at radius 3 is 3.18 bits per heavy atom. The molecule has 4 heteroatoms. The minimum absolute atomic E-state index is 0.343. The van der Waals surface area contributed by atoms with Gasteiger partial charge in [-0.25, -0.2) is 4.79 Å². The Balaban J connectivity index is 2.43. The molecule has 0 aliphatic rings. The number of hydrogen-bond donors (Lipinski definition) is 1. The van der Waals surface area contributed by atoms with Crippen LogP contribution in [0.2, 0.25) is 0 Å². The molecule has 0 bridgehead atoms. The molecule has 1 aromatic heterocycles. The Morgan fingerprint density at radius 2 is 2.64 bits per heavy atom. The van der Waals surface area contributed by atoms with E-state index in [-0.39, 0.29) is 5.97 Å². The van der Waals surface area contributed by atoms with Crippen LogP contribution in [0.25, 0.3) is 0 Å². The number of aromatic nitrogens is 2. The maximum Gasteiger partial charge on any atom is 0.356 e. The van der Waals surface area contributed by atoms with Gasteiger partial charge in [-0.15, -0.1) is 0 Å². The van der Waals surface area contributed by atoms with Crippen LogP contribution >= 0.6 is 0 Å². The van der Waals surface area contributed by atoms with Crippen molar-refractivity contribution < 1.29 is 9.53 Å². The molecule has 1 aromatic rings. The topological polar surface area (TPSA) is 55.0 Å². The lowest BCUT2D eigenvalue weighted by molar-refractivity contribution is 0.0498. The van der Waals surface area contributed by atoms with Crippen LogP contribution in [0.1, 0.15) is 23.8 Å². The molecule has 1 heterocycles. The van der Waals surface area contributed by atoms with Crippen molar-refractivity contribution in [2.45, 2.75) is 13.3 Å². The first-order valence-electron chi connectivity index (χ1n) is 3.51. The van der Waals surface area contributed by atoms with Crippen LogP contribution in [-0.4, -0.2) is 22.8 Å². The molecular weight excluding hydrogens is 144 g/mol. The Bertz CT molecular complexity index is 218. The van der Waals surface area contributed by atoms with E-state index < -0.39 is 0 Å². The smallest absolute Gasteiger partial charge is 0.356 e. The molecule has 4 nitrogen and oxygen atoms in total. The first-order chi connectivity index (χ1) is 5.34. The van der Waals surface area contributed by atoms with Crippen molar-refractivity contribution in [1.29, 1.82) is 0 Å². The number of aromatic amines is 1. The van der Waals surface area contributed by atoms with Gasteiger partial charge in [-0.05, 0) is 12.5 Å². The molecule has 0 spiro atoms. The number of nitrogens with zero attached hydrogens (tertiary/aromatic N) is 1. The minimum Gasteiger partial charge on any atom is -0.461 e. The fourth-order valence-corrected chi connectivity index (χ4v) is 0.642. The lowest BCUT2D eigenvalue weighted by Gasteiger charge is -1.98. The van der Waals surface area contributed by atoms with Gasteiger partial charge in [0.25, 0.3) is 0 Å². The average Bonchev–Trinajstić information content (AvgIpc) is 2.52. The lowest BCUT2D eigenvalue weighted by atomic mass is 10.4. The number of H-pyrrole nitrogens is 1. The third-order valence-electron chi connectivity index (χ3n) is 1.16. The highest BCUT2D eigenvalue weighted by molar-refractivity contribution is 5.86. The SMILES string of the molecule is CCCOC(=O)c1ccn[nH]1. The van der Waals surface area contributed by atoms with Gasteiger partial charge in [0, 0.05) is 6.20 Å². The van der Waals surface area contributed by atoms with E-state index in [0.717, 1.165) is 6.42 Å². The van der Waals surface area contributed by atoms with E-state index in [0.29, 0.717) is 12.3 Å². The second-order valence-electron chi connectivity index (χ2n) is 2.11. The van der Waals surface area contributed by atoms with Gasteiger partial charge in [0.1, 0.15) is 5.69 Å². The standard InChI is InChI=1S/C7H10N2O2/c1-2-5-11-7(10)6-3-4-8-9-6/h3-4H,2,5H2,1H3,(H,8,9). The number of rotatable bonds is 3. The molecule has 0 saturated carbocycles. The summed E-state index contributed by atoms with van der Waals surface area (Å²) in [4.78, 5) is 11.0. The molecule has 0 amide bonds. The number of hydrogen-bond acceptors (Lipinski definition) is 3. The molecule has 0 aliphatic carbocycles. The van der Waals surface area contributed by atoms with Gasteiger partial charge in [0.05, 0.1) is 6.61 Å². The highest BCUT2D eigenvalue weighted by Crippen LogP contribution is 1.95. The van der Waals surface area contributed by atoms with E-state index in [2.05, 4.69) is 10.2 Å². The summed E-state index contributed by atoms with van der Waals surface area (Å²) >= 11 is 0. The summed E-state index contributed by atoms with van der Waals surface area (Å²) in [5, 5.41) is 6.15. The third-order valence-corrected chi connectivity index (χ3v) is 1.16. The van der Waals surface area contributed by atoms with Gasteiger partial charge in [0.15, 0.2) is 0 Å². The predicted molar refractivity (Wildman–Crippen MR) is 39.2 cm³/mol. The Morgan fingerprint density at radius 1 is 1.82 bits per heavy atom. The summed E-state index contributed by atoms with van der Waals surface area (Å²) in [7, 11) is 0. The van der Waals surface area contributed by atoms with Crippen LogP contribution in [0.4, 0.5) is 0 Å². The summed E-state index contributed by atoms with van der Waals surface area (Å²) in [6.45, 7) is 2.40. The second kappa shape index (κ2) is 3.75.